The number of carbonyl (C=O) groups excluding carboxylic acids is 2. The van der Waals surface area contributed by atoms with Gasteiger partial charge in [0.2, 0.25) is 0 Å². The lowest BCUT2D eigenvalue weighted by atomic mass is 10.0. The van der Waals surface area contributed by atoms with Crippen LogP contribution in [0.25, 0.3) is 0 Å². The van der Waals surface area contributed by atoms with Crippen molar-refractivity contribution in [3.05, 3.63) is 12.2 Å². The Bertz CT molecular complexity index is 1290. The van der Waals surface area contributed by atoms with Crippen LogP contribution in [-0.2, 0) is 32.7 Å². The van der Waals surface area contributed by atoms with Crippen molar-refractivity contribution in [2.24, 2.45) is 0 Å². The highest BCUT2D eigenvalue weighted by molar-refractivity contribution is 7.45. The van der Waals surface area contributed by atoms with Gasteiger partial charge in [-0.25, -0.2) is 0 Å². The lowest BCUT2D eigenvalue weighted by Crippen LogP contribution is -2.37. The Labute approximate surface area is 473 Å². The van der Waals surface area contributed by atoms with E-state index in [4.69, 9.17) is 18.5 Å². The summed E-state index contributed by atoms with van der Waals surface area (Å²) in [5.74, 6) is -0.818. The molecule has 0 saturated heterocycles. The molecule has 9 nitrogen and oxygen atoms in total. The second-order valence-corrected chi connectivity index (χ2v) is 25.6. The van der Waals surface area contributed by atoms with Crippen LogP contribution in [0.2, 0.25) is 0 Å². The molecule has 2 unspecified atom stereocenters. The van der Waals surface area contributed by atoms with Gasteiger partial charge in [0.1, 0.15) is 19.8 Å². The van der Waals surface area contributed by atoms with Crippen LogP contribution in [0.4, 0.5) is 0 Å². The van der Waals surface area contributed by atoms with Crippen LogP contribution in [-0.4, -0.2) is 70.0 Å². The highest BCUT2D eigenvalue weighted by Crippen LogP contribution is 2.38. The number of phosphoric ester groups is 1. The van der Waals surface area contributed by atoms with Crippen LogP contribution in [0.5, 0.6) is 0 Å². The summed E-state index contributed by atoms with van der Waals surface area (Å²) in [6, 6.07) is 0. The zero-order valence-corrected chi connectivity index (χ0v) is 52.4. The topological polar surface area (TPSA) is 111 Å². The summed E-state index contributed by atoms with van der Waals surface area (Å²) in [7, 11) is 1.18. The van der Waals surface area contributed by atoms with E-state index in [0.29, 0.717) is 17.4 Å². The summed E-state index contributed by atoms with van der Waals surface area (Å²) in [6.07, 6.45) is 70.2. The Kier molecular flexibility index (Phi) is 57.4. The minimum Gasteiger partial charge on any atom is -0.756 e. The number of nitrogens with zero attached hydrogens (tertiary/aromatic N) is 1. The van der Waals surface area contributed by atoms with Gasteiger partial charge in [-0.2, -0.15) is 0 Å². The molecular formula is C66H130NO8P. The molecule has 0 radical (unpaired) electrons. The molecule has 452 valence electrons. The van der Waals surface area contributed by atoms with Crippen molar-refractivity contribution in [3.63, 3.8) is 0 Å². The molecule has 0 aliphatic rings. The maximum absolute atomic E-state index is 12.8. The number of ether oxygens (including phenoxy) is 2. The van der Waals surface area contributed by atoms with Gasteiger partial charge < -0.3 is 27.9 Å². The fraction of sp³-hybridized carbons (Fsp3) is 0.939. The number of quaternary nitrogens is 1. The highest BCUT2D eigenvalue weighted by Gasteiger charge is 2.22. The van der Waals surface area contributed by atoms with Crippen LogP contribution in [0.15, 0.2) is 12.2 Å². The van der Waals surface area contributed by atoms with E-state index >= 15 is 0 Å². The Hall–Kier alpha value is -1.25. The molecule has 0 heterocycles. The SMILES string of the molecule is CCCCCCCC/C=C\CCCCCCCCCC(=O)OC(COC(=O)CCCCCCCCCCCCCCCCCCCCCCCCCCCCCCCCCCCCC)COP(=O)([O-])OCC[N+](C)(C)C. The van der Waals surface area contributed by atoms with Gasteiger partial charge in [-0.05, 0) is 38.5 Å². The second kappa shape index (κ2) is 58.4. The van der Waals surface area contributed by atoms with Gasteiger partial charge in [0.15, 0.2) is 6.10 Å². The van der Waals surface area contributed by atoms with Crippen molar-refractivity contribution in [1.82, 2.24) is 0 Å². The quantitative estimate of drug-likeness (QED) is 0.0195. The van der Waals surface area contributed by atoms with Gasteiger partial charge in [-0.1, -0.05) is 309 Å². The number of esters is 2. The van der Waals surface area contributed by atoms with Crippen LogP contribution in [0.1, 0.15) is 348 Å². The number of allylic oxidation sites excluding steroid dienone is 2. The minimum absolute atomic E-state index is 0.0279. The molecule has 0 fully saturated rings. The van der Waals surface area contributed by atoms with Gasteiger partial charge >= 0.3 is 11.9 Å². The molecule has 0 aromatic heterocycles. The third kappa shape index (κ3) is 62.0. The van der Waals surface area contributed by atoms with Crippen LogP contribution in [0, 0.1) is 0 Å². The number of unbranched alkanes of at least 4 members (excludes halogenated alkanes) is 47. The monoisotopic (exact) mass is 1100 g/mol. The molecule has 0 bridgehead atoms. The largest absolute Gasteiger partial charge is 0.756 e. The summed E-state index contributed by atoms with van der Waals surface area (Å²) >= 11 is 0. The molecule has 0 rings (SSSR count). The lowest BCUT2D eigenvalue weighted by Gasteiger charge is -2.28. The summed E-state index contributed by atoms with van der Waals surface area (Å²) in [4.78, 5) is 37.9. The molecule has 0 spiro atoms. The Morgan fingerprint density at radius 3 is 0.974 bits per heavy atom. The number of likely N-dealkylation sites (N-methyl/N-ethyl adjacent to an activating group) is 1. The standard InChI is InChI=1S/C66H130NO8P/c1-6-8-10-12-14-16-18-20-22-24-25-26-27-28-29-30-31-32-33-34-35-36-37-38-39-40-41-43-44-46-48-50-52-54-56-58-65(68)72-62-64(63-74-76(70,71)73-61-60-67(3,4)5)75-66(69)59-57-55-53-51-49-47-45-42-23-21-19-17-15-13-11-9-7-2/h21,23,64H,6-20,22,24-63H2,1-5H3/b23-21-. The van der Waals surface area contributed by atoms with Crippen molar-refractivity contribution in [2.45, 2.75) is 354 Å². The number of hydrogen-bond donors (Lipinski definition) is 0. The highest BCUT2D eigenvalue weighted by atomic mass is 31.2. The van der Waals surface area contributed by atoms with Gasteiger partial charge in [-0.15, -0.1) is 0 Å². The number of hydrogen-bond acceptors (Lipinski definition) is 8. The first-order valence-electron chi connectivity index (χ1n) is 33.4. The molecule has 0 aromatic rings. The van der Waals surface area contributed by atoms with E-state index in [1.54, 1.807) is 0 Å². The molecule has 0 aliphatic heterocycles. The Balaban J connectivity index is 3.91. The van der Waals surface area contributed by atoms with Crippen molar-refractivity contribution >= 4 is 19.8 Å². The molecule has 0 aromatic carbocycles. The first-order valence-corrected chi connectivity index (χ1v) is 34.9. The molecule has 0 N–H and O–H groups in total. The Morgan fingerprint density at radius 1 is 0.395 bits per heavy atom. The fourth-order valence-corrected chi connectivity index (χ4v) is 10.9. The molecule has 76 heavy (non-hydrogen) atoms. The molecule has 0 saturated carbocycles. The summed E-state index contributed by atoms with van der Waals surface area (Å²) in [5.41, 5.74) is 0. The third-order valence-corrected chi connectivity index (χ3v) is 16.2. The number of rotatable bonds is 63. The van der Waals surface area contributed by atoms with E-state index in [2.05, 4.69) is 26.0 Å². The van der Waals surface area contributed by atoms with E-state index < -0.39 is 26.5 Å². The summed E-state index contributed by atoms with van der Waals surface area (Å²) < 4.78 is 34.2. The maximum Gasteiger partial charge on any atom is 0.306 e. The van der Waals surface area contributed by atoms with Gasteiger partial charge in [0.25, 0.3) is 7.82 Å². The maximum atomic E-state index is 12.8. The van der Waals surface area contributed by atoms with Crippen molar-refractivity contribution in [2.75, 3.05) is 47.5 Å². The number of phosphoric acid groups is 1. The normalized spacial score (nSPS) is 13.2. The van der Waals surface area contributed by atoms with Crippen molar-refractivity contribution in [3.8, 4) is 0 Å². The average Bonchev–Trinajstić information content (AvgIpc) is 3.38. The molecule has 10 heteroatoms. The molecular weight excluding hydrogens is 966 g/mol. The van der Waals surface area contributed by atoms with E-state index in [9.17, 15) is 19.0 Å². The zero-order chi connectivity index (χ0) is 55.6. The third-order valence-electron chi connectivity index (χ3n) is 15.3. The summed E-state index contributed by atoms with van der Waals surface area (Å²) in [5, 5.41) is 0. The van der Waals surface area contributed by atoms with E-state index in [0.717, 1.165) is 44.9 Å². The van der Waals surface area contributed by atoms with Crippen molar-refractivity contribution in [1.29, 1.82) is 0 Å². The van der Waals surface area contributed by atoms with Crippen LogP contribution >= 0.6 is 7.82 Å². The van der Waals surface area contributed by atoms with Crippen LogP contribution in [0.3, 0.4) is 0 Å². The van der Waals surface area contributed by atoms with E-state index in [1.165, 1.54) is 270 Å². The zero-order valence-electron chi connectivity index (χ0n) is 51.5. The van der Waals surface area contributed by atoms with Gasteiger partial charge in [-0.3, -0.25) is 14.2 Å². The molecule has 0 aliphatic carbocycles. The van der Waals surface area contributed by atoms with E-state index in [1.807, 2.05) is 21.1 Å². The second-order valence-electron chi connectivity index (χ2n) is 24.2. The average molecular weight is 1100 g/mol. The predicted molar refractivity (Wildman–Crippen MR) is 324 cm³/mol. The Morgan fingerprint density at radius 2 is 0.671 bits per heavy atom. The van der Waals surface area contributed by atoms with Crippen molar-refractivity contribution < 1.29 is 42.1 Å². The smallest absolute Gasteiger partial charge is 0.306 e. The van der Waals surface area contributed by atoms with Gasteiger partial charge in [0.05, 0.1) is 27.7 Å². The first-order chi connectivity index (χ1) is 37.0. The molecule has 2 atom stereocenters. The van der Waals surface area contributed by atoms with Gasteiger partial charge in [0, 0.05) is 12.8 Å². The molecule has 0 amide bonds. The lowest BCUT2D eigenvalue weighted by molar-refractivity contribution is -0.870. The summed E-state index contributed by atoms with van der Waals surface area (Å²) in [6.45, 7) is 4.30. The first kappa shape index (κ1) is 74.8. The van der Waals surface area contributed by atoms with E-state index in [-0.39, 0.29) is 32.0 Å². The minimum atomic E-state index is -4.63. The number of carbonyl (C=O) groups is 2. The van der Waals surface area contributed by atoms with Crippen LogP contribution < -0.4 is 4.89 Å². The predicted octanol–water partition coefficient (Wildman–Crippen LogP) is 20.5. The fourth-order valence-electron chi connectivity index (χ4n) is 10.1.